The van der Waals surface area contributed by atoms with Crippen LogP contribution in [0.5, 0.6) is 0 Å². The molecule has 2 amide bonds. The number of hydrogen-bond donors (Lipinski definition) is 1. The highest BCUT2D eigenvalue weighted by molar-refractivity contribution is 5.81. The van der Waals surface area contributed by atoms with Crippen LogP contribution in [-0.2, 0) is 9.59 Å². The van der Waals surface area contributed by atoms with E-state index in [2.05, 4.69) is 5.32 Å². The summed E-state index contributed by atoms with van der Waals surface area (Å²) in [5, 5.41) is 2.97. The van der Waals surface area contributed by atoms with E-state index in [1.807, 2.05) is 29.7 Å². The second-order valence-electron chi connectivity index (χ2n) is 7.98. The van der Waals surface area contributed by atoms with Crippen molar-refractivity contribution < 1.29 is 14.0 Å². The number of nitrogens with zero attached hydrogens (tertiary/aromatic N) is 2. The molecule has 1 aromatic rings. The van der Waals surface area contributed by atoms with Crippen molar-refractivity contribution in [3.8, 4) is 0 Å². The van der Waals surface area contributed by atoms with E-state index in [0.29, 0.717) is 31.9 Å². The molecule has 1 heterocycles. The highest BCUT2D eigenvalue weighted by Crippen LogP contribution is 2.31. The van der Waals surface area contributed by atoms with Gasteiger partial charge < -0.3 is 15.1 Å². The van der Waals surface area contributed by atoms with E-state index in [9.17, 15) is 14.0 Å². The molecule has 5 nitrogen and oxygen atoms in total. The van der Waals surface area contributed by atoms with Gasteiger partial charge in [0.05, 0.1) is 5.69 Å². The SMILES string of the molecule is CC(C)NC(=O)C1CCC(C(=O)N2CCN(c3ccccc3F)CC2)CC1. The molecule has 1 N–H and O–H groups in total. The van der Waals surface area contributed by atoms with Crippen molar-refractivity contribution in [1.29, 1.82) is 0 Å². The van der Waals surface area contributed by atoms with Gasteiger partial charge >= 0.3 is 0 Å². The lowest BCUT2D eigenvalue weighted by Gasteiger charge is -2.38. The molecule has 1 aliphatic carbocycles. The number of carbonyl (C=O) groups is 2. The Balaban J connectivity index is 1.48. The van der Waals surface area contributed by atoms with Crippen LogP contribution in [0.15, 0.2) is 24.3 Å². The first-order valence-electron chi connectivity index (χ1n) is 10.0. The molecule has 148 valence electrons. The number of halogens is 1. The van der Waals surface area contributed by atoms with E-state index in [1.165, 1.54) is 6.07 Å². The summed E-state index contributed by atoms with van der Waals surface area (Å²) in [6, 6.07) is 6.94. The molecule has 0 unspecified atom stereocenters. The van der Waals surface area contributed by atoms with Crippen LogP contribution in [-0.4, -0.2) is 48.9 Å². The Morgan fingerprint density at radius 2 is 1.59 bits per heavy atom. The van der Waals surface area contributed by atoms with Gasteiger partial charge in [0.1, 0.15) is 5.82 Å². The molecule has 1 saturated heterocycles. The summed E-state index contributed by atoms with van der Waals surface area (Å²) in [7, 11) is 0. The summed E-state index contributed by atoms with van der Waals surface area (Å²) >= 11 is 0. The van der Waals surface area contributed by atoms with Gasteiger partial charge in [-0.05, 0) is 51.7 Å². The predicted molar refractivity (Wildman–Crippen MR) is 104 cm³/mol. The summed E-state index contributed by atoms with van der Waals surface area (Å²) in [6.45, 7) is 6.49. The Hall–Kier alpha value is -2.11. The van der Waals surface area contributed by atoms with Crippen molar-refractivity contribution in [3.63, 3.8) is 0 Å². The molecule has 27 heavy (non-hydrogen) atoms. The van der Waals surface area contributed by atoms with Crippen molar-refractivity contribution in [3.05, 3.63) is 30.1 Å². The zero-order valence-electron chi connectivity index (χ0n) is 16.3. The van der Waals surface area contributed by atoms with Crippen LogP contribution in [0.2, 0.25) is 0 Å². The molecular weight excluding hydrogens is 345 g/mol. The minimum Gasteiger partial charge on any atom is -0.366 e. The molecule has 0 atom stereocenters. The van der Waals surface area contributed by atoms with Gasteiger partial charge in [0.15, 0.2) is 0 Å². The number of piperazine rings is 1. The topological polar surface area (TPSA) is 52.7 Å². The lowest BCUT2D eigenvalue weighted by molar-refractivity contribution is -0.138. The fourth-order valence-electron chi connectivity index (χ4n) is 4.14. The Bertz CT molecular complexity index is 663. The molecule has 2 aliphatic rings. The van der Waals surface area contributed by atoms with Gasteiger partial charge in [0.25, 0.3) is 0 Å². The smallest absolute Gasteiger partial charge is 0.225 e. The maximum Gasteiger partial charge on any atom is 0.225 e. The van der Waals surface area contributed by atoms with E-state index in [1.54, 1.807) is 12.1 Å². The van der Waals surface area contributed by atoms with Gasteiger partial charge in [0.2, 0.25) is 11.8 Å². The number of anilines is 1. The molecule has 0 radical (unpaired) electrons. The van der Waals surface area contributed by atoms with Gasteiger partial charge in [-0.2, -0.15) is 0 Å². The summed E-state index contributed by atoms with van der Waals surface area (Å²) in [6.07, 6.45) is 3.12. The maximum atomic E-state index is 13.9. The molecular formula is C21H30FN3O2. The summed E-state index contributed by atoms with van der Waals surface area (Å²) in [4.78, 5) is 28.9. The average molecular weight is 375 g/mol. The minimum atomic E-state index is -0.213. The van der Waals surface area contributed by atoms with E-state index >= 15 is 0 Å². The Morgan fingerprint density at radius 1 is 1.00 bits per heavy atom. The van der Waals surface area contributed by atoms with Crippen molar-refractivity contribution in [2.75, 3.05) is 31.1 Å². The molecule has 1 aliphatic heterocycles. The first-order chi connectivity index (χ1) is 13.0. The van der Waals surface area contributed by atoms with Crippen LogP contribution in [0.25, 0.3) is 0 Å². The number of benzene rings is 1. The highest BCUT2D eigenvalue weighted by atomic mass is 19.1. The molecule has 6 heteroatoms. The average Bonchev–Trinajstić information content (AvgIpc) is 2.67. The second kappa shape index (κ2) is 8.72. The van der Waals surface area contributed by atoms with Crippen LogP contribution in [0.1, 0.15) is 39.5 Å². The number of para-hydroxylation sites is 1. The lowest BCUT2D eigenvalue weighted by atomic mass is 9.80. The van der Waals surface area contributed by atoms with Gasteiger partial charge in [-0.3, -0.25) is 9.59 Å². The predicted octanol–water partition coefficient (Wildman–Crippen LogP) is 2.81. The van der Waals surface area contributed by atoms with Crippen LogP contribution in [0.3, 0.4) is 0 Å². The summed E-state index contributed by atoms with van der Waals surface area (Å²) in [5.41, 5.74) is 0.612. The van der Waals surface area contributed by atoms with Crippen LogP contribution < -0.4 is 10.2 Å². The van der Waals surface area contributed by atoms with Crippen LogP contribution in [0, 0.1) is 17.7 Å². The molecule has 1 saturated carbocycles. The second-order valence-corrected chi connectivity index (χ2v) is 7.98. The molecule has 0 bridgehead atoms. The van der Waals surface area contributed by atoms with Crippen molar-refractivity contribution in [1.82, 2.24) is 10.2 Å². The zero-order valence-corrected chi connectivity index (χ0v) is 16.3. The Morgan fingerprint density at radius 3 is 2.19 bits per heavy atom. The van der Waals surface area contributed by atoms with Crippen molar-refractivity contribution in [2.24, 2.45) is 11.8 Å². The Labute approximate surface area is 160 Å². The fraction of sp³-hybridized carbons (Fsp3) is 0.619. The highest BCUT2D eigenvalue weighted by Gasteiger charge is 2.33. The quantitative estimate of drug-likeness (QED) is 0.880. The molecule has 0 spiro atoms. The zero-order chi connectivity index (χ0) is 19.4. The molecule has 2 fully saturated rings. The monoisotopic (exact) mass is 375 g/mol. The number of carbonyl (C=O) groups excluding carboxylic acids is 2. The largest absolute Gasteiger partial charge is 0.366 e. The van der Waals surface area contributed by atoms with Gasteiger partial charge in [0, 0.05) is 44.1 Å². The third-order valence-electron chi connectivity index (χ3n) is 5.66. The maximum absolute atomic E-state index is 13.9. The normalized spacial score (nSPS) is 23.4. The third-order valence-corrected chi connectivity index (χ3v) is 5.66. The van der Waals surface area contributed by atoms with Gasteiger partial charge in [-0.25, -0.2) is 4.39 Å². The van der Waals surface area contributed by atoms with Crippen molar-refractivity contribution in [2.45, 2.75) is 45.6 Å². The van der Waals surface area contributed by atoms with E-state index in [4.69, 9.17) is 0 Å². The lowest BCUT2D eigenvalue weighted by Crippen LogP contribution is -2.51. The number of nitrogens with one attached hydrogen (secondary N) is 1. The summed E-state index contributed by atoms with van der Waals surface area (Å²) in [5.74, 6) is 0.165. The molecule has 0 aromatic heterocycles. The fourth-order valence-corrected chi connectivity index (χ4v) is 4.14. The third kappa shape index (κ3) is 4.79. The van der Waals surface area contributed by atoms with E-state index < -0.39 is 0 Å². The number of amides is 2. The molecule has 3 rings (SSSR count). The van der Waals surface area contributed by atoms with E-state index in [-0.39, 0.29) is 35.5 Å². The molecule has 1 aromatic carbocycles. The van der Waals surface area contributed by atoms with Crippen LogP contribution >= 0.6 is 0 Å². The number of hydrogen-bond acceptors (Lipinski definition) is 3. The summed E-state index contributed by atoms with van der Waals surface area (Å²) < 4.78 is 13.9. The standard InChI is InChI=1S/C21H30FN3O2/c1-15(2)23-20(26)16-7-9-17(10-8-16)21(27)25-13-11-24(12-14-25)19-6-4-3-5-18(19)22/h3-6,15-17H,7-14H2,1-2H3,(H,23,26). The first kappa shape index (κ1) is 19.6. The number of rotatable bonds is 4. The van der Waals surface area contributed by atoms with Gasteiger partial charge in [-0.15, -0.1) is 0 Å². The van der Waals surface area contributed by atoms with Gasteiger partial charge in [-0.1, -0.05) is 12.1 Å². The van der Waals surface area contributed by atoms with Crippen molar-refractivity contribution >= 4 is 17.5 Å². The van der Waals surface area contributed by atoms with Crippen LogP contribution in [0.4, 0.5) is 10.1 Å². The minimum absolute atomic E-state index is 0.0214. The van der Waals surface area contributed by atoms with E-state index in [0.717, 1.165) is 25.7 Å². The first-order valence-corrected chi connectivity index (χ1v) is 10.0. The Kier molecular flexibility index (Phi) is 6.34.